The summed E-state index contributed by atoms with van der Waals surface area (Å²) < 4.78 is 48.3. The first kappa shape index (κ1) is 28.4. The van der Waals surface area contributed by atoms with Gasteiger partial charge in [-0.15, -0.1) is 0 Å². The van der Waals surface area contributed by atoms with E-state index in [0.717, 1.165) is 4.68 Å². The molecule has 1 heterocycles. The maximum atomic E-state index is 13.9. The van der Waals surface area contributed by atoms with Crippen LogP contribution in [0.15, 0.2) is 18.2 Å². The largest absolute Gasteiger partial charge is 0.446 e. The number of hydrogen-bond donors (Lipinski definition) is 2. The van der Waals surface area contributed by atoms with Gasteiger partial charge in [0, 0.05) is 31.7 Å². The van der Waals surface area contributed by atoms with Gasteiger partial charge in [-0.05, 0) is 62.6 Å². The number of nitrogens with two attached hydrogens (primary N) is 1. The van der Waals surface area contributed by atoms with Crippen molar-refractivity contribution in [3.8, 4) is 5.69 Å². The van der Waals surface area contributed by atoms with Gasteiger partial charge in [0.1, 0.15) is 6.10 Å². The van der Waals surface area contributed by atoms with Crippen LogP contribution in [0.4, 0.5) is 23.7 Å². The van der Waals surface area contributed by atoms with Crippen molar-refractivity contribution in [3.63, 3.8) is 0 Å². The van der Waals surface area contributed by atoms with E-state index in [1.165, 1.54) is 17.0 Å². The topological polar surface area (TPSA) is 120 Å². The fourth-order valence-electron chi connectivity index (χ4n) is 5.26. The Morgan fingerprint density at radius 2 is 1.87 bits per heavy atom. The highest BCUT2D eigenvalue weighted by atomic mass is 19.4. The molecule has 0 radical (unpaired) electrons. The minimum atomic E-state index is -4.80. The predicted octanol–water partition coefficient (Wildman–Crippen LogP) is 4.96. The van der Waals surface area contributed by atoms with Gasteiger partial charge >= 0.3 is 12.3 Å². The van der Waals surface area contributed by atoms with Crippen LogP contribution in [-0.4, -0.2) is 58.2 Å². The summed E-state index contributed by atoms with van der Waals surface area (Å²) in [6, 6.07) is 4.40. The zero-order valence-electron chi connectivity index (χ0n) is 22.5. The highest BCUT2D eigenvalue weighted by Gasteiger charge is 2.45. The molecule has 2 aliphatic rings. The van der Waals surface area contributed by atoms with Gasteiger partial charge in [-0.3, -0.25) is 9.59 Å². The maximum absolute atomic E-state index is 13.9. The molecule has 0 bridgehead atoms. The zero-order valence-corrected chi connectivity index (χ0v) is 22.5. The van der Waals surface area contributed by atoms with Crippen molar-refractivity contribution in [3.05, 3.63) is 40.7 Å². The average Bonchev–Trinajstić information content (AvgIpc) is 3.23. The van der Waals surface area contributed by atoms with E-state index in [0.29, 0.717) is 37.9 Å². The second kappa shape index (κ2) is 10.5. The monoisotopic (exact) mass is 549 g/mol. The van der Waals surface area contributed by atoms with Crippen LogP contribution >= 0.6 is 0 Å². The molecule has 1 saturated carbocycles. The number of nitrogens with zero attached hydrogens (tertiary/aromatic N) is 3. The van der Waals surface area contributed by atoms with E-state index in [4.69, 9.17) is 10.5 Å². The molecule has 2 amide bonds. The third kappa shape index (κ3) is 6.04. The molecule has 3 N–H and O–H groups in total. The molecule has 1 aromatic heterocycles. The molecule has 9 nitrogen and oxygen atoms in total. The van der Waals surface area contributed by atoms with Crippen molar-refractivity contribution in [2.24, 2.45) is 11.1 Å². The van der Waals surface area contributed by atoms with E-state index in [1.54, 1.807) is 13.1 Å². The molecule has 0 unspecified atom stereocenters. The van der Waals surface area contributed by atoms with Gasteiger partial charge in [0.15, 0.2) is 11.5 Å². The van der Waals surface area contributed by atoms with Crippen LogP contribution in [0, 0.1) is 5.41 Å². The normalized spacial score (nSPS) is 20.7. The highest BCUT2D eigenvalue weighted by molar-refractivity contribution is 6.00. The number of hydrogen-bond acceptors (Lipinski definition) is 6. The molecule has 12 heteroatoms. The number of primary amides is 1. The Morgan fingerprint density at radius 3 is 2.46 bits per heavy atom. The van der Waals surface area contributed by atoms with Crippen LogP contribution in [-0.2, 0) is 17.3 Å². The minimum absolute atomic E-state index is 0.00505. The molecule has 1 aromatic carbocycles. The van der Waals surface area contributed by atoms with E-state index in [9.17, 15) is 27.6 Å². The van der Waals surface area contributed by atoms with E-state index >= 15 is 0 Å². The first-order valence-corrected chi connectivity index (χ1v) is 13.0. The molecule has 2 aromatic rings. The van der Waals surface area contributed by atoms with Gasteiger partial charge in [-0.25, -0.2) is 9.48 Å². The van der Waals surface area contributed by atoms with Gasteiger partial charge in [0.2, 0.25) is 0 Å². The van der Waals surface area contributed by atoms with E-state index in [2.05, 4.69) is 10.4 Å². The summed E-state index contributed by atoms with van der Waals surface area (Å²) in [4.78, 5) is 38.5. The number of carbonyl (C=O) groups excluding carboxylic acids is 3. The molecule has 4 rings (SSSR count). The number of nitrogens with one attached hydrogen (secondary N) is 1. The number of Topliss-reactive ketones (excluding diaryl/α,β-unsaturated/α-hetero) is 1. The summed E-state index contributed by atoms with van der Waals surface area (Å²) in [5.74, 6) is -1.28. The van der Waals surface area contributed by atoms with Gasteiger partial charge in [-0.2, -0.15) is 18.3 Å². The van der Waals surface area contributed by atoms with Crippen LogP contribution in [0.2, 0.25) is 0 Å². The Morgan fingerprint density at radius 1 is 1.21 bits per heavy atom. The lowest BCUT2D eigenvalue weighted by Crippen LogP contribution is -2.35. The summed E-state index contributed by atoms with van der Waals surface area (Å²) in [6.45, 7) is 6.05. The average molecular weight is 550 g/mol. The molecule has 0 atom stereocenters. The Hall–Kier alpha value is -3.57. The first-order valence-electron chi connectivity index (χ1n) is 13.0. The number of aromatic nitrogens is 2. The van der Waals surface area contributed by atoms with Crippen LogP contribution < -0.4 is 11.1 Å². The molecule has 0 aliphatic heterocycles. The van der Waals surface area contributed by atoms with Crippen LogP contribution in [0.5, 0.6) is 0 Å². The number of alkyl halides is 3. The van der Waals surface area contributed by atoms with E-state index in [-0.39, 0.29) is 48.0 Å². The lowest BCUT2D eigenvalue weighted by Gasteiger charge is -2.31. The standard InChI is InChI=1S/C27H34F3N5O4/c1-5-34(4)25(38)39-17-9-6-15(7-10-17)32-19-12-16(8-11-18(19)24(31)37)35-20-13-26(2,3)14-21(36)22(20)23(33-35)27(28,29)30/h8,11-12,15,17,32H,5-7,9-10,13-14H2,1-4H3,(H2,31,37). The number of ether oxygens (including phenoxy) is 1. The number of carbonyl (C=O) groups is 3. The number of rotatable bonds is 6. The lowest BCUT2D eigenvalue weighted by atomic mass is 9.75. The molecular formula is C27H34F3N5O4. The van der Waals surface area contributed by atoms with Crippen molar-refractivity contribution >= 4 is 23.5 Å². The molecule has 0 spiro atoms. The Bertz CT molecular complexity index is 1280. The fraction of sp³-hybridized carbons (Fsp3) is 0.556. The second-order valence-electron chi connectivity index (χ2n) is 11.1. The Kier molecular flexibility index (Phi) is 7.68. The van der Waals surface area contributed by atoms with Crippen molar-refractivity contribution in [2.75, 3.05) is 18.9 Å². The molecule has 39 heavy (non-hydrogen) atoms. The molecular weight excluding hydrogens is 515 g/mol. The van der Waals surface area contributed by atoms with Gasteiger partial charge in [0.25, 0.3) is 5.91 Å². The molecule has 1 fully saturated rings. The number of halogens is 3. The summed E-state index contributed by atoms with van der Waals surface area (Å²) in [6.07, 6.45) is -2.64. The van der Waals surface area contributed by atoms with Crippen molar-refractivity contribution < 1.29 is 32.3 Å². The first-order chi connectivity index (χ1) is 18.2. The van der Waals surface area contributed by atoms with E-state index < -0.39 is 34.5 Å². The molecule has 212 valence electrons. The highest BCUT2D eigenvalue weighted by Crippen LogP contribution is 2.42. The second-order valence-corrected chi connectivity index (χ2v) is 11.1. The van der Waals surface area contributed by atoms with Crippen LogP contribution in [0.3, 0.4) is 0 Å². The Balaban J connectivity index is 1.62. The maximum Gasteiger partial charge on any atom is 0.435 e. The summed E-state index contributed by atoms with van der Waals surface area (Å²) in [5, 5.41) is 7.15. The number of amides is 2. The number of ketones is 1. The van der Waals surface area contributed by atoms with Crippen LogP contribution in [0.1, 0.15) is 85.0 Å². The van der Waals surface area contributed by atoms with Gasteiger partial charge in [0.05, 0.1) is 22.5 Å². The number of fused-ring (bicyclic) bond motifs is 1. The Labute approximate surface area is 224 Å². The molecule has 0 saturated heterocycles. The summed E-state index contributed by atoms with van der Waals surface area (Å²) in [5.41, 5.74) is 4.50. The quantitative estimate of drug-likeness (QED) is 0.526. The fourth-order valence-corrected chi connectivity index (χ4v) is 5.26. The van der Waals surface area contributed by atoms with Gasteiger partial charge in [-0.1, -0.05) is 13.8 Å². The molecule has 2 aliphatic carbocycles. The third-order valence-electron chi connectivity index (χ3n) is 7.41. The summed E-state index contributed by atoms with van der Waals surface area (Å²) in [7, 11) is 1.67. The van der Waals surface area contributed by atoms with Crippen molar-refractivity contribution in [1.29, 1.82) is 0 Å². The smallest absolute Gasteiger partial charge is 0.435 e. The zero-order chi connectivity index (χ0) is 28.7. The van der Waals surface area contributed by atoms with Crippen molar-refractivity contribution in [2.45, 2.75) is 77.6 Å². The van der Waals surface area contributed by atoms with Crippen LogP contribution in [0.25, 0.3) is 5.69 Å². The third-order valence-corrected chi connectivity index (χ3v) is 7.41. The summed E-state index contributed by atoms with van der Waals surface area (Å²) >= 11 is 0. The predicted molar refractivity (Wildman–Crippen MR) is 138 cm³/mol. The SMILES string of the molecule is CCN(C)C(=O)OC1CCC(Nc2cc(-n3nc(C(F)(F)F)c4c3CC(C)(C)CC4=O)ccc2C(N)=O)CC1. The van der Waals surface area contributed by atoms with Gasteiger partial charge < -0.3 is 20.7 Å². The lowest BCUT2D eigenvalue weighted by molar-refractivity contribution is -0.141. The van der Waals surface area contributed by atoms with Crippen molar-refractivity contribution in [1.82, 2.24) is 14.7 Å². The minimum Gasteiger partial charge on any atom is -0.446 e. The number of benzene rings is 1. The van der Waals surface area contributed by atoms with E-state index in [1.807, 2.05) is 20.8 Å². The number of anilines is 1.